The molecule has 1 aliphatic heterocycles. The molecule has 0 aliphatic carbocycles. The Morgan fingerprint density at radius 3 is 2.32 bits per heavy atom. The summed E-state index contributed by atoms with van der Waals surface area (Å²) in [5.41, 5.74) is 2.75. The summed E-state index contributed by atoms with van der Waals surface area (Å²) in [5, 5.41) is 5.80. The van der Waals surface area contributed by atoms with Crippen molar-refractivity contribution in [2.24, 2.45) is 0 Å². The number of nitrogens with one attached hydrogen (secondary N) is 2. The van der Waals surface area contributed by atoms with Gasteiger partial charge in [-0.1, -0.05) is 0 Å². The smallest absolute Gasteiger partial charge is 0.274 e. The SMILES string of the molecule is O=C(Nc1ccc(N2CCCC2)cc1)c1ccnc(Nc2ccc(F)cc2)n1. The topological polar surface area (TPSA) is 70.2 Å². The van der Waals surface area contributed by atoms with E-state index < -0.39 is 0 Å². The molecule has 0 spiro atoms. The molecule has 0 saturated carbocycles. The van der Waals surface area contributed by atoms with Crippen molar-refractivity contribution in [1.82, 2.24) is 9.97 Å². The summed E-state index contributed by atoms with van der Waals surface area (Å²) < 4.78 is 13.0. The van der Waals surface area contributed by atoms with Gasteiger partial charge in [0.15, 0.2) is 0 Å². The molecule has 1 saturated heterocycles. The van der Waals surface area contributed by atoms with E-state index in [9.17, 15) is 9.18 Å². The molecule has 0 atom stereocenters. The van der Waals surface area contributed by atoms with Crippen LogP contribution in [-0.2, 0) is 0 Å². The van der Waals surface area contributed by atoms with Gasteiger partial charge < -0.3 is 15.5 Å². The van der Waals surface area contributed by atoms with Crippen molar-refractivity contribution in [3.8, 4) is 0 Å². The Balaban J connectivity index is 1.42. The minimum Gasteiger partial charge on any atom is -0.372 e. The molecule has 3 aromatic rings. The lowest BCUT2D eigenvalue weighted by atomic mass is 10.2. The molecule has 2 heterocycles. The fraction of sp³-hybridized carbons (Fsp3) is 0.190. The van der Waals surface area contributed by atoms with Crippen molar-refractivity contribution < 1.29 is 9.18 Å². The first-order valence-corrected chi connectivity index (χ1v) is 9.19. The van der Waals surface area contributed by atoms with Gasteiger partial charge in [0.2, 0.25) is 5.95 Å². The molecule has 1 aromatic heterocycles. The number of halogens is 1. The van der Waals surface area contributed by atoms with E-state index in [1.165, 1.54) is 36.9 Å². The average molecular weight is 377 g/mol. The van der Waals surface area contributed by atoms with E-state index in [-0.39, 0.29) is 23.4 Å². The second-order valence-corrected chi connectivity index (χ2v) is 6.59. The number of hydrogen-bond donors (Lipinski definition) is 2. The normalized spacial score (nSPS) is 13.4. The van der Waals surface area contributed by atoms with Gasteiger partial charge in [0, 0.05) is 36.3 Å². The third-order valence-corrected chi connectivity index (χ3v) is 4.58. The molecule has 0 bridgehead atoms. The molecule has 2 N–H and O–H groups in total. The van der Waals surface area contributed by atoms with E-state index in [0.29, 0.717) is 11.4 Å². The highest BCUT2D eigenvalue weighted by molar-refractivity contribution is 6.03. The molecule has 7 heteroatoms. The quantitative estimate of drug-likeness (QED) is 0.697. The van der Waals surface area contributed by atoms with Crippen molar-refractivity contribution in [3.63, 3.8) is 0 Å². The van der Waals surface area contributed by atoms with Crippen molar-refractivity contribution >= 4 is 28.9 Å². The second kappa shape index (κ2) is 8.04. The first-order chi connectivity index (χ1) is 13.7. The highest BCUT2D eigenvalue weighted by atomic mass is 19.1. The number of aromatic nitrogens is 2. The van der Waals surface area contributed by atoms with Crippen molar-refractivity contribution in [2.75, 3.05) is 28.6 Å². The molecule has 0 unspecified atom stereocenters. The minimum atomic E-state index is -0.324. The molecule has 28 heavy (non-hydrogen) atoms. The van der Waals surface area contributed by atoms with Crippen LogP contribution in [0.25, 0.3) is 0 Å². The Bertz CT molecular complexity index is 953. The molecular formula is C21H20FN5O. The maximum absolute atomic E-state index is 13.0. The van der Waals surface area contributed by atoms with Crippen LogP contribution in [0.1, 0.15) is 23.3 Å². The zero-order valence-corrected chi connectivity index (χ0v) is 15.2. The first-order valence-electron chi connectivity index (χ1n) is 9.19. The van der Waals surface area contributed by atoms with Crippen LogP contribution >= 0.6 is 0 Å². The summed E-state index contributed by atoms with van der Waals surface area (Å²) in [7, 11) is 0. The molecule has 1 fully saturated rings. The lowest BCUT2D eigenvalue weighted by molar-refractivity contribution is 0.102. The lowest BCUT2D eigenvalue weighted by Gasteiger charge is -2.17. The summed E-state index contributed by atoms with van der Waals surface area (Å²) in [6, 6.07) is 15.2. The van der Waals surface area contributed by atoms with Gasteiger partial charge in [0.1, 0.15) is 11.5 Å². The number of carbonyl (C=O) groups excluding carboxylic acids is 1. The summed E-state index contributed by atoms with van der Waals surface area (Å²) >= 11 is 0. The van der Waals surface area contributed by atoms with Crippen LogP contribution in [0, 0.1) is 5.82 Å². The largest absolute Gasteiger partial charge is 0.372 e. The monoisotopic (exact) mass is 377 g/mol. The number of benzene rings is 2. The number of anilines is 4. The highest BCUT2D eigenvalue weighted by Gasteiger charge is 2.13. The maximum atomic E-state index is 13.0. The molecule has 142 valence electrons. The molecule has 4 rings (SSSR count). The molecule has 0 radical (unpaired) electrons. The third-order valence-electron chi connectivity index (χ3n) is 4.58. The minimum absolute atomic E-state index is 0.239. The van der Waals surface area contributed by atoms with E-state index in [2.05, 4.69) is 25.5 Å². The summed E-state index contributed by atoms with van der Waals surface area (Å²) in [6.45, 7) is 2.16. The van der Waals surface area contributed by atoms with Crippen LogP contribution in [0.4, 0.5) is 27.4 Å². The molecule has 6 nitrogen and oxygen atoms in total. The average Bonchev–Trinajstić information content (AvgIpc) is 3.25. The number of carbonyl (C=O) groups is 1. The Morgan fingerprint density at radius 1 is 0.929 bits per heavy atom. The Labute approximate surface area is 162 Å². The molecular weight excluding hydrogens is 357 g/mol. The first kappa shape index (κ1) is 17.9. The fourth-order valence-electron chi connectivity index (χ4n) is 3.13. The van der Waals surface area contributed by atoms with Gasteiger partial charge in [-0.05, 0) is 67.4 Å². The van der Waals surface area contributed by atoms with Gasteiger partial charge >= 0.3 is 0 Å². The van der Waals surface area contributed by atoms with Crippen molar-refractivity contribution in [2.45, 2.75) is 12.8 Å². The number of rotatable bonds is 5. The predicted octanol–water partition coefficient (Wildman–Crippen LogP) is 4.21. The fourth-order valence-corrected chi connectivity index (χ4v) is 3.13. The molecule has 1 aliphatic rings. The number of amides is 1. The van der Waals surface area contributed by atoms with Gasteiger partial charge in [0.05, 0.1) is 0 Å². The molecule has 2 aromatic carbocycles. The Hall–Kier alpha value is -3.48. The van der Waals surface area contributed by atoms with Crippen molar-refractivity contribution in [1.29, 1.82) is 0 Å². The third kappa shape index (κ3) is 4.25. The van der Waals surface area contributed by atoms with Gasteiger partial charge in [0.25, 0.3) is 5.91 Å². The predicted molar refractivity (Wildman–Crippen MR) is 108 cm³/mol. The van der Waals surface area contributed by atoms with Gasteiger partial charge in [-0.3, -0.25) is 4.79 Å². The van der Waals surface area contributed by atoms with Crippen LogP contribution < -0.4 is 15.5 Å². The standard InChI is InChI=1S/C21H20FN5O/c22-15-3-5-17(6-4-15)25-21-23-12-11-19(26-21)20(28)24-16-7-9-18(10-8-16)27-13-1-2-14-27/h3-12H,1-2,13-14H2,(H,24,28)(H,23,25,26). The summed E-state index contributed by atoms with van der Waals surface area (Å²) in [4.78, 5) is 23.2. The zero-order chi connectivity index (χ0) is 19.3. The summed E-state index contributed by atoms with van der Waals surface area (Å²) in [6.07, 6.45) is 3.95. The van der Waals surface area contributed by atoms with Gasteiger partial charge in [-0.25, -0.2) is 14.4 Å². The van der Waals surface area contributed by atoms with Crippen LogP contribution in [0.15, 0.2) is 60.8 Å². The van der Waals surface area contributed by atoms with Crippen LogP contribution in [-0.4, -0.2) is 29.0 Å². The van der Waals surface area contributed by atoms with E-state index in [1.807, 2.05) is 24.3 Å². The number of nitrogens with zero attached hydrogens (tertiary/aromatic N) is 3. The second-order valence-electron chi connectivity index (χ2n) is 6.59. The van der Waals surface area contributed by atoms with Crippen LogP contribution in [0.5, 0.6) is 0 Å². The van der Waals surface area contributed by atoms with Crippen LogP contribution in [0.3, 0.4) is 0 Å². The van der Waals surface area contributed by atoms with E-state index in [4.69, 9.17) is 0 Å². The zero-order valence-electron chi connectivity index (χ0n) is 15.2. The maximum Gasteiger partial charge on any atom is 0.274 e. The van der Waals surface area contributed by atoms with E-state index >= 15 is 0 Å². The lowest BCUT2D eigenvalue weighted by Crippen LogP contribution is -2.18. The van der Waals surface area contributed by atoms with Crippen LogP contribution in [0.2, 0.25) is 0 Å². The Morgan fingerprint density at radius 2 is 1.61 bits per heavy atom. The highest BCUT2D eigenvalue weighted by Crippen LogP contribution is 2.22. The van der Waals surface area contributed by atoms with Gasteiger partial charge in [-0.2, -0.15) is 0 Å². The molecule has 1 amide bonds. The number of hydrogen-bond acceptors (Lipinski definition) is 5. The van der Waals surface area contributed by atoms with Gasteiger partial charge in [-0.15, -0.1) is 0 Å². The van der Waals surface area contributed by atoms with E-state index in [0.717, 1.165) is 13.1 Å². The summed E-state index contributed by atoms with van der Waals surface area (Å²) in [5.74, 6) is -0.377. The van der Waals surface area contributed by atoms with E-state index in [1.54, 1.807) is 18.2 Å². The Kier molecular flexibility index (Phi) is 5.14. The van der Waals surface area contributed by atoms with Crippen molar-refractivity contribution in [3.05, 3.63) is 72.3 Å².